The first kappa shape index (κ1) is 21.5. The molecule has 34 heavy (non-hydrogen) atoms. The second-order valence-corrected chi connectivity index (χ2v) is 9.55. The van der Waals surface area contributed by atoms with E-state index in [9.17, 15) is 0 Å². The average Bonchev–Trinajstić information content (AvgIpc) is 3.14. The Morgan fingerprint density at radius 2 is 2.18 bits per heavy atom. The molecule has 0 radical (unpaired) electrons. The van der Waals surface area contributed by atoms with E-state index in [4.69, 9.17) is 9.47 Å². The van der Waals surface area contributed by atoms with E-state index in [1.54, 1.807) is 17.8 Å². The van der Waals surface area contributed by atoms with Crippen molar-refractivity contribution >= 4 is 17.5 Å². The quantitative estimate of drug-likeness (QED) is 0.622. The van der Waals surface area contributed by atoms with Crippen LogP contribution >= 0.6 is 0 Å². The third kappa shape index (κ3) is 3.73. The Bertz CT molecular complexity index is 1240. The number of hydrogen-bond donors (Lipinski definition) is 1. The van der Waals surface area contributed by atoms with Crippen LogP contribution in [0, 0.1) is 11.7 Å². The van der Waals surface area contributed by atoms with Crippen molar-refractivity contribution < 1.29 is 13.9 Å². The van der Waals surface area contributed by atoms with Crippen LogP contribution in [0.5, 0.6) is 5.88 Å². The van der Waals surface area contributed by atoms with Gasteiger partial charge in [-0.15, -0.1) is 5.10 Å². The van der Waals surface area contributed by atoms with Crippen molar-refractivity contribution in [1.82, 2.24) is 24.5 Å². The molecule has 6 rings (SSSR count). The molecular weight excluding hydrogens is 435 g/mol. The smallest absolute Gasteiger partial charge is 0.244 e. The van der Waals surface area contributed by atoms with Gasteiger partial charge in [-0.1, -0.05) is 19.1 Å². The fraction of sp³-hybridized carbons (Fsp3) is 0.480. The molecule has 3 aromatic heterocycles. The summed E-state index contributed by atoms with van der Waals surface area (Å²) in [4.78, 5) is 11.5. The summed E-state index contributed by atoms with van der Waals surface area (Å²) in [5.74, 6) is 0.807. The van der Waals surface area contributed by atoms with E-state index in [1.807, 2.05) is 24.3 Å². The molecule has 0 amide bonds. The first-order valence-corrected chi connectivity index (χ1v) is 11.9. The number of allylic oxidation sites excluding steroid dienone is 1. The topological polar surface area (TPSA) is 76.8 Å². The predicted octanol–water partition coefficient (Wildman–Crippen LogP) is 3.15. The molecule has 0 saturated carbocycles. The fourth-order valence-corrected chi connectivity index (χ4v) is 5.41. The molecule has 2 fully saturated rings. The SMILES string of the molecule is COc1nc(N[C@H]2CCN(C3COC3)C[C@H]2C)nn2cc(F)c(C3C=Cc4ncccc4C3)c12. The number of methoxy groups -OCH3 is 1. The van der Waals surface area contributed by atoms with Gasteiger partial charge in [0.25, 0.3) is 0 Å². The van der Waals surface area contributed by atoms with E-state index in [-0.39, 0.29) is 17.8 Å². The summed E-state index contributed by atoms with van der Waals surface area (Å²) >= 11 is 0. The number of nitrogens with one attached hydrogen (secondary N) is 1. The molecule has 3 aromatic rings. The van der Waals surface area contributed by atoms with Gasteiger partial charge in [0.2, 0.25) is 11.8 Å². The second-order valence-electron chi connectivity index (χ2n) is 9.55. The normalized spacial score (nSPS) is 25.2. The van der Waals surface area contributed by atoms with E-state index < -0.39 is 0 Å². The van der Waals surface area contributed by atoms with Gasteiger partial charge in [0.15, 0.2) is 0 Å². The van der Waals surface area contributed by atoms with Crippen LogP contribution in [0.2, 0.25) is 0 Å². The zero-order valence-corrected chi connectivity index (χ0v) is 19.4. The van der Waals surface area contributed by atoms with Gasteiger partial charge >= 0.3 is 0 Å². The van der Waals surface area contributed by atoms with Gasteiger partial charge in [-0.05, 0) is 36.5 Å². The highest BCUT2D eigenvalue weighted by atomic mass is 19.1. The first-order chi connectivity index (χ1) is 16.6. The monoisotopic (exact) mass is 464 g/mol. The van der Waals surface area contributed by atoms with Gasteiger partial charge < -0.3 is 14.8 Å². The van der Waals surface area contributed by atoms with Crippen molar-refractivity contribution in [2.75, 3.05) is 38.7 Å². The van der Waals surface area contributed by atoms with Gasteiger partial charge in [-0.25, -0.2) is 8.91 Å². The standard InChI is InChI=1S/C25H29FN6O2/c1-15-11-31(18-13-34-14-18)9-7-20(15)28-25-29-24(33-2)23-22(19(26)12-32(23)30-25)17-5-6-21-16(10-17)4-3-8-27-21/h3-6,8,12,15,17-18,20H,7,9-11,13-14H2,1-2H3,(H,28,30)/t15-,17?,20+/m1/s1. The van der Waals surface area contributed by atoms with E-state index >= 15 is 4.39 Å². The maximum atomic E-state index is 15.3. The lowest BCUT2D eigenvalue weighted by Gasteiger charge is -2.44. The minimum absolute atomic E-state index is 0.141. The number of halogens is 1. The number of hydrogen-bond acceptors (Lipinski definition) is 7. The minimum Gasteiger partial charge on any atom is -0.479 e. The summed E-state index contributed by atoms with van der Waals surface area (Å²) in [7, 11) is 1.57. The van der Waals surface area contributed by atoms with Crippen molar-refractivity contribution in [3.05, 3.63) is 53.2 Å². The minimum atomic E-state index is -0.309. The molecule has 2 saturated heterocycles. The zero-order chi connectivity index (χ0) is 23.2. The Morgan fingerprint density at radius 1 is 1.29 bits per heavy atom. The number of likely N-dealkylation sites (tertiary alicyclic amines) is 1. The molecule has 0 aromatic carbocycles. The van der Waals surface area contributed by atoms with E-state index in [1.165, 1.54) is 6.20 Å². The highest BCUT2D eigenvalue weighted by Crippen LogP contribution is 2.37. The van der Waals surface area contributed by atoms with Crippen molar-refractivity contribution in [3.63, 3.8) is 0 Å². The molecule has 8 nitrogen and oxygen atoms in total. The molecule has 2 aliphatic heterocycles. The fourth-order valence-electron chi connectivity index (χ4n) is 5.41. The van der Waals surface area contributed by atoms with Crippen molar-refractivity contribution in [3.8, 4) is 5.88 Å². The molecule has 3 atom stereocenters. The zero-order valence-electron chi connectivity index (χ0n) is 19.4. The number of rotatable bonds is 5. The number of piperidine rings is 1. The third-order valence-corrected chi connectivity index (χ3v) is 7.39. The lowest BCUT2D eigenvalue weighted by Crippen LogP contribution is -2.55. The number of ether oxygens (including phenoxy) is 2. The first-order valence-electron chi connectivity index (χ1n) is 11.9. The Kier molecular flexibility index (Phi) is 5.45. The molecular formula is C25H29FN6O2. The Balaban J connectivity index is 1.27. The van der Waals surface area contributed by atoms with Crippen LogP contribution in [-0.2, 0) is 11.2 Å². The molecule has 3 aliphatic rings. The number of anilines is 1. The number of aromatic nitrogens is 4. The van der Waals surface area contributed by atoms with Crippen LogP contribution in [0.25, 0.3) is 11.6 Å². The van der Waals surface area contributed by atoms with Gasteiger partial charge in [-0.2, -0.15) is 4.98 Å². The van der Waals surface area contributed by atoms with Crippen LogP contribution in [0.3, 0.4) is 0 Å². The van der Waals surface area contributed by atoms with Crippen molar-refractivity contribution in [2.45, 2.75) is 37.8 Å². The van der Waals surface area contributed by atoms with Crippen molar-refractivity contribution in [1.29, 1.82) is 0 Å². The third-order valence-electron chi connectivity index (χ3n) is 7.39. The lowest BCUT2D eigenvalue weighted by atomic mass is 9.87. The number of fused-ring (bicyclic) bond motifs is 2. The summed E-state index contributed by atoms with van der Waals surface area (Å²) in [5, 5.41) is 8.11. The summed E-state index contributed by atoms with van der Waals surface area (Å²) in [6.07, 6.45) is 8.82. The number of nitrogens with zero attached hydrogens (tertiary/aromatic N) is 5. The molecule has 5 heterocycles. The lowest BCUT2D eigenvalue weighted by molar-refractivity contribution is -0.0763. The number of pyridine rings is 1. The Labute approximate surface area is 197 Å². The van der Waals surface area contributed by atoms with E-state index in [2.05, 4.69) is 32.2 Å². The molecule has 0 bridgehead atoms. The average molecular weight is 465 g/mol. The van der Waals surface area contributed by atoms with Crippen LogP contribution in [-0.4, -0.2) is 70.0 Å². The largest absolute Gasteiger partial charge is 0.479 e. The summed E-state index contributed by atoms with van der Waals surface area (Å²) in [5.41, 5.74) is 3.15. The molecule has 1 aliphatic carbocycles. The Hall–Kier alpha value is -3.04. The predicted molar refractivity (Wildman–Crippen MR) is 127 cm³/mol. The summed E-state index contributed by atoms with van der Waals surface area (Å²) in [6.45, 7) is 5.94. The molecule has 1 N–H and O–H groups in total. The van der Waals surface area contributed by atoms with Crippen LogP contribution in [0.4, 0.5) is 10.3 Å². The molecule has 1 unspecified atom stereocenters. The summed E-state index contributed by atoms with van der Waals surface area (Å²) in [6, 6.07) is 4.74. The van der Waals surface area contributed by atoms with Gasteiger partial charge in [0.1, 0.15) is 11.3 Å². The highest BCUT2D eigenvalue weighted by molar-refractivity contribution is 5.68. The van der Waals surface area contributed by atoms with E-state index in [0.29, 0.717) is 41.3 Å². The van der Waals surface area contributed by atoms with Crippen molar-refractivity contribution in [2.24, 2.45) is 5.92 Å². The summed E-state index contributed by atoms with van der Waals surface area (Å²) < 4.78 is 27.8. The maximum absolute atomic E-state index is 15.3. The molecule has 178 valence electrons. The molecule has 9 heteroatoms. The van der Waals surface area contributed by atoms with Crippen LogP contribution in [0.15, 0.2) is 30.6 Å². The van der Waals surface area contributed by atoms with Gasteiger partial charge in [0.05, 0.1) is 38.3 Å². The highest BCUT2D eigenvalue weighted by Gasteiger charge is 2.34. The van der Waals surface area contributed by atoms with E-state index in [0.717, 1.165) is 44.0 Å². The van der Waals surface area contributed by atoms with Crippen LogP contribution in [0.1, 0.15) is 36.1 Å². The maximum Gasteiger partial charge on any atom is 0.244 e. The van der Waals surface area contributed by atoms with Gasteiger partial charge in [0, 0.05) is 36.8 Å². The Morgan fingerprint density at radius 3 is 2.94 bits per heavy atom. The van der Waals surface area contributed by atoms with Crippen LogP contribution < -0.4 is 10.1 Å². The molecule has 0 spiro atoms. The van der Waals surface area contributed by atoms with Gasteiger partial charge in [-0.3, -0.25) is 9.88 Å². The second kappa shape index (κ2) is 8.63.